The lowest BCUT2D eigenvalue weighted by Crippen LogP contribution is -2.32. The molecule has 1 saturated heterocycles. The third kappa shape index (κ3) is 2.75. The van der Waals surface area contributed by atoms with Crippen molar-refractivity contribution in [3.8, 4) is 5.75 Å². The predicted octanol–water partition coefficient (Wildman–Crippen LogP) is 4.88. The number of anilines is 1. The van der Waals surface area contributed by atoms with Gasteiger partial charge < -0.3 is 4.74 Å². The molecule has 2 bridgehead atoms. The number of amides is 2. The van der Waals surface area contributed by atoms with Crippen LogP contribution in [0.1, 0.15) is 12.0 Å². The molecule has 2 amide bonds. The fourth-order valence-corrected chi connectivity index (χ4v) is 5.11. The lowest BCUT2D eigenvalue weighted by molar-refractivity contribution is -0.123. The van der Waals surface area contributed by atoms with E-state index in [1.54, 1.807) is 36.4 Å². The number of benzene rings is 2. The van der Waals surface area contributed by atoms with E-state index in [0.717, 1.165) is 12.0 Å². The number of carbonyl (C=O) groups is 2. The Kier molecular flexibility index (Phi) is 4.22. The topological polar surface area (TPSA) is 46.6 Å². The van der Waals surface area contributed by atoms with E-state index in [9.17, 15) is 9.59 Å². The maximum absolute atomic E-state index is 12.9. The van der Waals surface area contributed by atoms with Crippen LogP contribution in [0.3, 0.4) is 0 Å². The molecule has 0 N–H and O–H groups in total. The molecule has 142 valence electrons. The number of nitrogens with zero attached hydrogens (tertiary/aromatic N) is 1. The molecule has 0 aromatic heterocycles. The number of hydrogen-bond acceptors (Lipinski definition) is 3. The maximum Gasteiger partial charge on any atom is 0.238 e. The molecule has 28 heavy (non-hydrogen) atoms. The molecule has 6 heteroatoms. The molecule has 2 fully saturated rings. The Bertz CT molecular complexity index is 971. The number of hydrogen-bond donors (Lipinski definition) is 0. The highest BCUT2D eigenvalue weighted by Crippen LogP contribution is 2.53. The number of carbonyl (C=O) groups excluding carboxylic acids is 2. The van der Waals surface area contributed by atoms with E-state index in [4.69, 9.17) is 27.9 Å². The van der Waals surface area contributed by atoms with Gasteiger partial charge in [-0.05, 0) is 54.7 Å². The minimum absolute atomic E-state index is 0.0755. The summed E-state index contributed by atoms with van der Waals surface area (Å²) < 4.78 is 5.78. The molecule has 2 aromatic rings. The molecule has 1 heterocycles. The van der Waals surface area contributed by atoms with Crippen LogP contribution in [0.4, 0.5) is 5.69 Å². The van der Waals surface area contributed by atoms with Crippen molar-refractivity contribution < 1.29 is 14.3 Å². The molecule has 5 rings (SSSR count). The number of fused-ring (bicyclic) bond motifs is 5. The Hall–Kier alpha value is -2.30. The predicted molar refractivity (Wildman–Crippen MR) is 107 cm³/mol. The number of rotatable bonds is 4. The molecular formula is C22H17Cl2NO3. The second-order valence-electron chi connectivity index (χ2n) is 7.53. The van der Waals surface area contributed by atoms with Crippen molar-refractivity contribution in [1.82, 2.24) is 0 Å². The first-order valence-electron chi connectivity index (χ1n) is 9.26. The Morgan fingerprint density at radius 2 is 1.57 bits per heavy atom. The Morgan fingerprint density at radius 1 is 0.929 bits per heavy atom. The normalized spacial score (nSPS) is 27.6. The highest BCUT2D eigenvalue weighted by atomic mass is 35.5. The summed E-state index contributed by atoms with van der Waals surface area (Å²) in [5, 5.41) is 1.12. The summed E-state index contributed by atoms with van der Waals surface area (Å²) >= 11 is 12.1. The van der Waals surface area contributed by atoms with Gasteiger partial charge in [0.25, 0.3) is 0 Å². The van der Waals surface area contributed by atoms with Gasteiger partial charge in [-0.1, -0.05) is 41.4 Å². The fraction of sp³-hybridized carbons (Fsp3) is 0.273. The van der Waals surface area contributed by atoms with Gasteiger partial charge in [0, 0.05) is 15.6 Å². The van der Waals surface area contributed by atoms with Crippen LogP contribution in [0.25, 0.3) is 0 Å². The van der Waals surface area contributed by atoms with Crippen molar-refractivity contribution >= 4 is 40.7 Å². The monoisotopic (exact) mass is 413 g/mol. The zero-order valence-corrected chi connectivity index (χ0v) is 16.4. The van der Waals surface area contributed by atoms with Crippen molar-refractivity contribution in [1.29, 1.82) is 0 Å². The molecule has 2 aromatic carbocycles. The van der Waals surface area contributed by atoms with Crippen molar-refractivity contribution in [2.75, 3.05) is 4.90 Å². The summed E-state index contributed by atoms with van der Waals surface area (Å²) in [4.78, 5) is 27.1. The van der Waals surface area contributed by atoms with Crippen LogP contribution in [0.5, 0.6) is 5.75 Å². The van der Waals surface area contributed by atoms with E-state index in [-0.39, 0.29) is 35.5 Å². The summed E-state index contributed by atoms with van der Waals surface area (Å²) in [5.74, 6) is 0.528. The standard InChI is InChI=1S/C22H17Cl2NO3/c23-15-4-3-14(18(24)10-15)11-28-17-7-5-16(6-8-17)25-21(26)19-12-1-2-13(9-12)20(19)22(25)27/h1-8,10,12-13,19-20H,9,11H2/t12-,13-,19+,20+/m0/s1. The van der Waals surface area contributed by atoms with Gasteiger partial charge in [0.15, 0.2) is 0 Å². The van der Waals surface area contributed by atoms with Gasteiger partial charge in [-0.25, -0.2) is 0 Å². The summed E-state index contributed by atoms with van der Waals surface area (Å²) in [5.41, 5.74) is 1.43. The number of allylic oxidation sites excluding steroid dienone is 2. The lowest BCUT2D eigenvalue weighted by Gasteiger charge is -2.17. The second kappa shape index (κ2) is 6.64. The minimum Gasteiger partial charge on any atom is -0.489 e. The van der Waals surface area contributed by atoms with Gasteiger partial charge in [-0.15, -0.1) is 0 Å². The summed E-state index contributed by atoms with van der Waals surface area (Å²) in [7, 11) is 0. The lowest BCUT2D eigenvalue weighted by atomic mass is 9.85. The average molecular weight is 414 g/mol. The molecule has 4 atom stereocenters. The van der Waals surface area contributed by atoms with E-state index in [1.807, 2.05) is 6.07 Å². The van der Waals surface area contributed by atoms with Crippen LogP contribution >= 0.6 is 23.2 Å². The van der Waals surface area contributed by atoms with Crippen LogP contribution in [-0.4, -0.2) is 11.8 Å². The van der Waals surface area contributed by atoms with Crippen LogP contribution in [0.15, 0.2) is 54.6 Å². The largest absolute Gasteiger partial charge is 0.489 e. The molecule has 1 saturated carbocycles. The molecule has 4 nitrogen and oxygen atoms in total. The van der Waals surface area contributed by atoms with Crippen LogP contribution in [0, 0.1) is 23.7 Å². The Balaban J connectivity index is 1.30. The van der Waals surface area contributed by atoms with Gasteiger partial charge in [0.2, 0.25) is 11.8 Å². The minimum atomic E-state index is -0.189. The quantitative estimate of drug-likeness (QED) is 0.529. The molecule has 1 aliphatic heterocycles. The van der Waals surface area contributed by atoms with Crippen molar-refractivity contribution in [2.45, 2.75) is 13.0 Å². The number of ether oxygens (including phenoxy) is 1. The van der Waals surface area contributed by atoms with Gasteiger partial charge in [-0.2, -0.15) is 0 Å². The van der Waals surface area contributed by atoms with Gasteiger partial charge >= 0.3 is 0 Å². The average Bonchev–Trinajstić information content (AvgIpc) is 3.36. The first-order chi connectivity index (χ1) is 13.5. The van der Waals surface area contributed by atoms with E-state index in [2.05, 4.69) is 12.2 Å². The van der Waals surface area contributed by atoms with Crippen molar-refractivity contribution in [3.05, 3.63) is 70.2 Å². The van der Waals surface area contributed by atoms with E-state index in [1.165, 1.54) is 4.90 Å². The maximum atomic E-state index is 12.9. The first kappa shape index (κ1) is 17.8. The third-order valence-corrected chi connectivity index (χ3v) is 6.56. The molecule has 0 radical (unpaired) electrons. The summed E-state index contributed by atoms with van der Waals surface area (Å²) in [6.45, 7) is 0.302. The smallest absolute Gasteiger partial charge is 0.238 e. The Labute approximate surface area is 172 Å². The van der Waals surface area contributed by atoms with Gasteiger partial charge in [-0.3, -0.25) is 14.5 Å². The summed E-state index contributed by atoms with van der Waals surface area (Å²) in [6, 6.07) is 12.3. The van der Waals surface area contributed by atoms with Crippen LogP contribution in [0.2, 0.25) is 10.0 Å². The van der Waals surface area contributed by atoms with E-state index >= 15 is 0 Å². The third-order valence-electron chi connectivity index (χ3n) is 5.97. The SMILES string of the molecule is O=C1[C@H]2[C@H](C(=O)N1c1ccc(OCc3ccc(Cl)cc3Cl)cc1)[C@H]1C=C[C@H]2C1. The molecule has 2 aliphatic carbocycles. The van der Waals surface area contributed by atoms with Gasteiger partial charge in [0.05, 0.1) is 17.5 Å². The summed E-state index contributed by atoms with van der Waals surface area (Å²) in [6.07, 6.45) is 5.12. The van der Waals surface area contributed by atoms with Crippen LogP contribution in [-0.2, 0) is 16.2 Å². The molecule has 0 spiro atoms. The number of halogens is 2. The molecular weight excluding hydrogens is 397 g/mol. The van der Waals surface area contributed by atoms with Crippen molar-refractivity contribution in [3.63, 3.8) is 0 Å². The van der Waals surface area contributed by atoms with Gasteiger partial charge in [0.1, 0.15) is 12.4 Å². The highest BCUT2D eigenvalue weighted by molar-refractivity contribution is 6.35. The van der Waals surface area contributed by atoms with Crippen LogP contribution < -0.4 is 9.64 Å². The fourth-order valence-electron chi connectivity index (χ4n) is 4.65. The molecule has 0 unspecified atom stereocenters. The van der Waals surface area contributed by atoms with Crippen molar-refractivity contribution in [2.24, 2.45) is 23.7 Å². The first-order valence-corrected chi connectivity index (χ1v) is 10.0. The number of imide groups is 1. The van der Waals surface area contributed by atoms with E-state index in [0.29, 0.717) is 28.1 Å². The second-order valence-corrected chi connectivity index (χ2v) is 8.37. The Morgan fingerprint density at radius 3 is 2.18 bits per heavy atom. The molecule has 3 aliphatic rings. The highest BCUT2D eigenvalue weighted by Gasteiger charge is 2.59. The van der Waals surface area contributed by atoms with E-state index < -0.39 is 0 Å². The zero-order valence-electron chi connectivity index (χ0n) is 14.8. The zero-order chi connectivity index (χ0) is 19.4.